The highest BCUT2D eigenvalue weighted by molar-refractivity contribution is 7.85. The van der Waals surface area contributed by atoms with Crippen molar-refractivity contribution in [2.75, 3.05) is 5.75 Å². The van der Waals surface area contributed by atoms with E-state index in [4.69, 9.17) is 0 Å². The van der Waals surface area contributed by atoms with Gasteiger partial charge in [0.05, 0.1) is 17.9 Å². The number of unbranched alkanes of at least 4 members (excludes halogenated alkanes) is 23. The molecule has 0 bridgehead atoms. The first-order valence-corrected chi connectivity index (χ1v) is 23.6. The van der Waals surface area contributed by atoms with Crippen molar-refractivity contribution in [1.29, 1.82) is 0 Å². The van der Waals surface area contributed by atoms with Gasteiger partial charge in [-0.25, -0.2) is 0 Å². The second kappa shape index (κ2) is 39.7. The molecule has 308 valence electrons. The van der Waals surface area contributed by atoms with Crippen LogP contribution in [0.15, 0.2) is 60.8 Å². The molecule has 7 heteroatoms. The van der Waals surface area contributed by atoms with Crippen molar-refractivity contribution in [3.8, 4) is 0 Å². The third-order valence-corrected chi connectivity index (χ3v) is 10.4. The van der Waals surface area contributed by atoms with Crippen LogP contribution < -0.4 is 5.32 Å². The predicted octanol–water partition coefficient (Wildman–Crippen LogP) is 13.2. The van der Waals surface area contributed by atoms with Crippen molar-refractivity contribution in [1.82, 2.24) is 5.32 Å². The molecule has 0 saturated heterocycles. The number of hydrogen-bond acceptors (Lipinski definition) is 4. The second-order valence-electron chi connectivity index (χ2n) is 15.0. The van der Waals surface area contributed by atoms with E-state index < -0.39 is 28.0 Å². The van der Waals surface area contributed by atoms with E-state index in [9.17, 15) is 22.9 Å². The van der Waals surface area contributed by atoms with Gasteiger partial charge in [0, 0.05) is 6.42 Å². The molecule has 0 aliphatic heterocycles. The molecular weight excluding hydrogens is 679 g/mol. The van der Waals surface area contributed by atoms with Crippen molar-refractivity contribution < 1.29 is 22.9 Å². The maximum atomic E-state index is 12.5. The van der Waals surface area contributed by atoms with Crippen molar-refractivity contribution in [3.63, 3.8) is 0 Å². The number of carbonyl (C=O) groups excluding carboxylic acids is 1. The Morgan fingerprint density at radius 3 is 1.36 bits per heavy atom. The average molecular weight is 762 g/mol. The van der Waals surface area contributed by atoms with Crippen LogP contribution in [0.25, 0.3) is 0 Å². The number of aliphatic hydroxyl groups is 1. The van der Waals surface area contributed by atoms with Gasteiger partial charge in [-0.2, -0.15) is 8.42 Å². The molecule has 0 saturated carbocycles. The van der Waals surface area contributed by atoms with E-state index in [1.165, 1.54) is 128 Å². The summed E-state index contributed by atoms with van der Waals surface area (Å²) < 4.78 is 32.5. The van der Waals surface area contributed by atoms with Gasteiger partial charge in [-0.05, 0) is 70.6 Å². The lowest BCUT2D eigenvalue weighted by Crippen LogP contribution is -2.46. The highest BCUT2D eigenvalue weighted by Gasteiger charge is 2.24. The molecule has 0 fully saturated rings. The van der Waals surface area contributed by atoms with Crippen molar-refractivity contribution in [2.24, 2.45) is 0 Å². The zero-order valence-electron chi connectivity index (χ0n) is 34.4. The first-order chi connectivity index (χ1) is 25.8. The van der Waals surface area contributed by atoms with E-state index in [1.54, 1.807) is 0 Å². The molecule has 0 spiro atoms. The summed E-state index contributed by atoms with van der Waals surface area (Å²) >= 11 is 0. The molecule has 0 aliphatic rings. The van der Waals surface area contributed by atoms with Crippen LogP contribution in [0.5, 0.6) is 0 Å². The fourth-order valence-corrected chi connectivity index (χ4v) is 7.09. The van der Waals surface area contributed by atoms with E-state index in [1.807, 2.05) is 6.08 Å². The molecule has 0 heterocycles. The maximum absolute atomic E-state index is 12.5. The first kappa shape index (κ1) is 51.0. The fourth-order valence-electron chi connectivity index (χ4n) is 6.35. The first-order valence-electron chi connectivity index (χ1n) is 22.0. The summed E-state index contributed by atoms with van der Waals surface area (Å²) in [5, 5.41) is 13.2. The third-order valence-electron chi connectivity index (χ3n) is 9.67. The van der Waals surface area contributed by atoms with Gasteiger partial charge in [-0.1, -0.05) is 190 Å². The lowest BCUT2D eigenvalue weighted by atomic mass is 10.0. The van der Waals surface area contributed by atoms with Crippen LogP contribution in [0, 0.1) is 0 Å². The van der Waals surface area contributed by atoms with Crippen molar-refractivity contribution in [3.05, 3.63) is 60.8 Å². The van der Waals surface area contributed by atoms with Gasteiger partial charge < -0.3 is 10.4 Å². The number of aliphatic hydroxyl groups excluding tert-OH is 1. The van der Waals surface area contributed by atoms with Gasteiger partial charge in [0.25, 0.3) is 10.1 Å². The topological polar surface area (TPSA) is 104 Å². The zero-order valence-corrected chi connectivity index (χ0v) is 35.2. The standard InChI is InChI=1S/C46H83NO5S/c1-3-5-7-9-11-13-15-17-19-21-23-25-27-29-31-33-35-37-39-41-45(48)44(43-53(50,51)52)47-46(49)42-40-38-36-34-32-30-28-26-24-22-20-18-16-14-12-10-8-6-4-2/h12,14,18,20,24,26,31,33,39,41,44-45,48H,3-11,13,15-17,19,21-23,25,27-30,32,34-38,40,42-43H2,1-2H3,(H,47,49)(H,50,51,52)/b14-12-,20-18-,26-24-,33-31+,41-39+. The van der Waals surface area contributed by atoms with Gasteiger partial charge in [-0.15, -0.1) is 0 Å². The number of hydrogen-bond donors (Lipinski definition) is 3. The van der Waals surface area contributed by atoms with E-state index in [0.717, 1.165) is 51.4 Å². The zero-order chi connectivity index (χ0) is 38.9. The molecule has 0 rings (SSSR count). The lowest BCUT2D eigenvalue weighted by molar-refractivity contribution is -0.122. The molecule has 2 unspecified atom stereocenters. The highest BCUT2D eigenvalue weighted by atomic mass is 32.2. The molecule has 0 aliphatic carbocycles. The molecule has 53 heavy (non-hydrogen) atoms. The Hall–Kier alpha value is -1.96. The fraction of sp³-hybridized carbons (Fsp3) is 0.761. The summed E-state index contributed by atoms with van der Waals surface area (Å²) in [6, 6.07) is -1.08. The Bertz CT molecular complexity index is 1060. The second-order valence-corrected chi connectivity index (χ2v) is 16.5. The summed E-state index contributed by atoms with van der Waals surface area (Å²) in [7, 11) is -4.36. The highest BCUT2D eigenvalue weighted by Crippen LogP contribution is 2.14. The number of nitrogens with one attached hydrogen (secondary N) is 1. The van der Waals surface area contributed by atoms with E-state index in [2.05, 4.69) is 67.8 Å². The quantitative estimate of drug-likeness (QED) is 0.0329. The number of rotatable bonds is 39. The molecule has 0 aromatic carbocycles. The molecular formula is C46H83NO5S. The summed E-state index contributed by atoms with van der Waals surface area (Å²) in [5.41, 5.74) is 0. The molecule has 2 atom stereocenters. The Kier molecular flexibility index (Phi) is 38.3. The Morgan fingerprint density at radius 2 is 0.868 bits per heavy atom. The van der Waals surface area contributed by atoms with Crippen LogP contribution in [-0.4, -0.2) is 41.9 Å². The maximum Gasteiger partial charge on any atom is 0.267 e. The SMILES string of the molecule is CCCCC/C=C\C/C=C\C/C=C\CCCCCCCCC(=O)NC(CS(=O)(=O)O)C(O)/C=C/CC/C=C/CCCCCCCCCCCCCCC. The molecule has 3 N–H and O–H groups in total. The van der Waals surface area contributed by atoms with E-state index in [-0.39, 0.29) is 12.3 Å². The van der Waals surface area contributed by atoms with Crippen LogP contribution in [0.1, 0.15) is 206 Å². The van der Waals surface area contributed by atoms with Crippen LogP contribution in [0.3, 0.4) is 0 Å². The van der Waals surface area contributed by atoms with E-state index >= 15 is 0 Å². The number of allylic oxidation sites excluding steroid dienone is 9. The Morgan fingerprint density at radius 1 is 0.509 bits per heavy atom. The summed E-state index contributed by atoms with van der Waals surface area (Å²) in [6.07, 6.45) is 54.9. The smallest absolute Gasteiger partial charge is 0.267 e. The van der Waals surface area contributed by atoms with Gasteiger partial charge in [0.2, 0.25) is 5.91 Å². The lowest BCUT2D eigenvalue weighted by Gasteiger charge is -2.21. The van der Waals surface area contributed by atoms with Gasteiger partial charge in [0.15, 0.2) is 0 Å². The van der Waals surface area contributed by atoms with Gasteiger partial charge >= 0.3 is 0 Å². The predicted molar refractivity (Wildman–Crippen MR) is 230 cm³/mol. The summed E-state index contributed by atoms with van der Waals surface area (Å²) in [6.45, 7) is 4.50. The van der Waals surface area contributed by atoms with Crippen molar-refractivity contribution in [2.45, 2.75) is 219 Å². The molecule has 0 radical (unpaired) electrons. The van der Waals surface area contributed by atoms with Gasteiger partial charge in [0.1, 0.15) is 0 Å². The summed E-state index contributed by atoms with van der Waals surface area (Å²) in [5.74, 6) is -1.02. The third kappa shape index (κ3) is 41.1. The summed E-state index contributed by atoms with van der Waals surface area (Å²) in [4.78, 5) is 12.5. The van der Waals surface area contributed by atoms with E-state index in [0.29, 0.717) is 12.8 Å². The van der Waals surface area contributed by atoms with Crippen LogP contribution >= 0.6 is 0 Å². The largest absolute Gasteiger partial charge is 0.387 e. The minimum absolute atomic E-state index is 0.271. The van der Waals surface area contributed by atoms with Crippen LogP contribution in [0.4, 0.5) is 0 Å². The Balaban J connectivity index is 3.97. The average Bonchev–Trinajstić information content (AvgIpc) is 3.12. The van der Waals surface area contributed by atoms with Crippen molar-refractivity contribution >= 4 is 16.0 Å². The van der Waals surface area contributed by atoms with Crippen LogP contribution in [-0.2, 0) is 14.9 Å². The number of carbonyl (C=O) groups is 1. The molecule has 6 nitrogen and oxygen atoms in total. The minimum Gasteiger partial charge on any atom is -0.387 e. The normalized spacial score (nSPS) is 13.8. The van der Waals surface area contributed by atoms with Crippen LogP contribution in [0.2, 0.25) is 0 Å². The van der Waals surface area contributed by atoms with Gasteiger partial charge in [-0.3, -0.25) is 9.35 Å². The molecule has 0 aromatic rings. The Labute approximate surface area is 328 Å². The molecule has 1 amide bonds. The number of amides is 1. The monoisotopic (exact) mass is 762 g/mol. The molecule has 0 aromatic heterocycles. The minimum atomic E-state index is -4.36.